The summed E-state index contributed by atoms with van der Waals surface area (Å²) in [6, 6.07) is 9.58. The first-order chi connectivity index (χ1) is 12.8. The van der Waals surface area contributed by atoms with Gasteiger partial charge in [0, 0.05) is 18.7 Å². The number of nitriles is 1. The van der Waals surface area contributed by atoms with Crippen molar-refractivity contribution in [3.63, 3.8) is 0 Å². The Bertz CT molecular complexity index is 964. The van der Waals surface area contributed by atoms with Gasteiger partial charge in [-0.2, -0.15) is 9.57 Å². The van der Waals surface area contributed by atoms with Crippen LogP contribution in [-0.4, -0.2) is 31.7 Å². The van der Waals surface area contributed by atoms with Gasteiger partial charge in [0.25, 0.3) is 5.91 Å². The van der Waals surface area contributed by atoms with E-state index in [2.05, 4.69) is 19.2 Å². The van der Waals surface area contributed by atoms with Crippen LogP contribution >= 0.6 is 11.3 Å². The van der Waals surface area contributed by atoms with E-state index < -0.39 is 10.0 Å². The third-order valence-corrected chi connectivity index (χ3v) is 7.28. The van der Waals surface area contributed by atoms with Gasteiger partial charge in [0.15, 0.2) is 0 Å². The molecule has 8 heteroatoms. The van der Waals surface area contributed by atoms with Crippen LogP contribution in [0.4, 0.5) is 5.00 Å². The molecule has 0 bridgehead atoms. The fourth-order valence-corrected chi connectivity index (χ4v) is 5.81. The molecule has 1 fully saturated rings. The highest BCUT2D eigenvalue weighted by molar-refractivity contribution is 7.89. The Kier molecular flexibility index (Phi) is 5.65. The van der Waals surface area contributed by atoms with Crippen LogP contribution in [0.15, 0.2) is 40.6 Å². The Labute approximate surface area is 163 Å². The predicted molar refractivity (Wildman–Crippen MR) is 105 cm³/mol. The third-order valence-electron chi connectivity index (χ3n) is 4.60. The van der Waals surface area contributed by atoms with Crippen molar-refractivity contribution in [1.82, 2.24) is 4.31 Å². The Hall–Kier alpha value is -2.21. The summed E-state index contributed by atoms with van der Waals surface area (Å²) in [4.78, 5) is 12.5. The van der Waals surface area contributed by atoms with E-state index in [4.69, 9.17) is 5.26 Å². The highest BCUT2D eigenvalue weighted by Gasteiger charge is 2.31. The average molecular weight is 404 g/mol. The molecule has 27 heavy (non-hydrogen) atoms. The van der Waals surface area contributed by atoms with E-state index in [1.165, 1.54) is 39.9 Å². The Balaban J connectivity index is 1.76. The van der Waals surface area contributed by atoms with Gasteiger partial charge >= 0.3 is 0 Å². The van der Waals surface area contributed by atoms with Gasteiger partial charge in [-0.15, -0.1) is 11.3 Å². The lowest BCUT2D eigenvalue weighted by atomic mass is 9.94. The highest BCUT2D eigenvalue weighted by Crippen LogP contribution is 2.27. The lowest BCUT2D eigenvalue weighted by Crippen LogP contribution is -2.42. The monoisotopic (exact) mass is 403 g/mol. The van der Waals surface area contributed by atoms with E-state index in [1.807, 2.05) is 6.07 Å². The Morgan fingerprint density at radius 1 is 1.19 bits per heavy atom. The summed E-state index contributed by atoms with van der Waals surface area (Å²) in [6.45, 7) is 5.16. The van der Waals surface area contributed by atoms with Crippen LogP contribution < -0.4 is 5.32 Å². The lowest BCUT2D eigenvalue weighted by Gasteiger charge is -2.34. The van der Waals surface area contributed by atoms with Gasteiger partial charge in [-0.05, 0) is 54.0 Å². The van der Waals surface area contributed by atoms with Gasteiger partial charge in [-0.25, -0.2) is 8.42 Å². The van der Waals surface area contributed by atoms with Crippen molar-refractivity contribution in [2.45, 2.75) is 25.2 Å². The van der Waals surface area contributed by atoms with E-state index in [0.717, 1.165) is 6.42 Å². The smallest absolute Gasteiger partial charge is 0.256 e. The van der Waals surface area contributed by atoms with Gasteiger partial charge in [-0.1, -0.05) is 13.8 Å². The summed E-state index contributed by atoms with van der Waals surface area (Å²) < 4.78 is 27.3. The molecule has 6 nitrogen and oxygen atoms in total. The number of carbonyl (C=O) groups excluding carboxylic acids is 1. The number of thiophene rings is 1. The number of carbonyl (C=O) groups is 1. The van der Waals surface area contributed by atoms with Crippen molar-refractivity contribution in [2.75, 3.05) is 18.4 Å². The molecule has 142 valence electrons. The molecular weight excluding hydrogens is 382 g/mol. The van der Waals surface area contributed by atoms with Crippen molar-refractivity contribution < 1.29 is 13.2 Å². The highest BCUT2D eigenvalue weighted by atomic mass is 32.2. The number of nitrogens with one attached hydrogen (secondary N) is 1. The number of sulfonamides is 1. The second kappa shape index (κ2) is 7.80. The fraction of sp³-hybridized carbons (Fsp3) is 0.368. The summed E-state index contributed by atoms with van der Waals surface area (Å²) >= 11 is 1.27. The molecule has 0 spiro atoms. The molecule has 0 aliphatic carbocycles. The molecule has 3 rings (SSSR count). The molecular formula is C19H21N3O3S2. The van der Waals surface area contributed by atoms with E-state index in [0.29, 0.717) is 41.1 Å². The van der Waals surface area contributed by atoms with Crippen molar-refractivity contribution in [3.8, 4) is 6.07 Å². The largest absolute Gasteiger partial charge is 0.312 e. The van der Waals surface area contributed by atoms with Crippen molar-refractivity contribution in [3.05, 3.63) is 46.8 Å². The summed E-state index contributed by atoms with van der Waals surface area (Å²) in [5, 5.41) is 13.9. The van der Waals surface area contributed by atoms with Crippen molar-refractivity contribution >= 4 is 32.3 Å². The zero-order chi connectivity index (χ0) is 19.6. The van der Waals surface area contributed by atoms with E-state index in [9.17, 15) is 13.2 Å². The summed E-state index contributed by atoms with van der Waals surface area (Å²) in [6.07, 6.45) is 1.03. The number of nitrogens with zero attached hydrogens (tertiary/aromatic N) is 2. The number of piperidine rings is 1. The SMILES string of the molecule is C[C@@H]1C[C@H](C)CN(S(=O)(=O)c2ccc(C(=O)Nc3sccc3C#N)cc2)C1. The molecule has 1 saturated heterocycles. The number of benzene rings is 1. The van der Waals surface area contributed by atoms with Crippen LogP contribution in [0.2, 0.25) is 0 Å². The van der Waals surface area contributed by atoms with Crippen molar-refractivity contribution in [1.29, 1.82) is 5.26 Å². The maximum absolute atomic E-state index is 12.9. The second-order valence-electron chi connectivity index (χ2n) is 7.02. The quantitative estimate of drug-likeness (QED) is 0.845. The minimum absolute atomic E-state index is 0.189. The van der Waals surface area contributed by atoms with Gasteiger partial charge in [0.1, 0.15) is 11.1 Å². The minimum Gasteiger partial charge on any atom is -0.312 e. The molecule has 1 aliphatic heterocycles. The first-order valence-electron chi connectivity index (χ1n) is 8.70. The molecule has 1 amide bonds. The lowest BCUT2D eigenvalue weighted by molar-refractivity contribution is 0.102. The van der Waals surface area contributed by atoms with Crippen LogP contribution in [0.5, 0.6) is 0 Å². The number of hydrogen-bond acceptors (Lipinski definition) is 5. The van der Waals surface area contributed by atoms with Crippen LogP contribution in [-0.2, 0) is 10.0 Å². The molecule has 1 aliphatic rings. The van der Waals surface area contributed by atoms with E-state index >= 15 is 0 Å². The molecule has 0 unspecified atom stereocenters. The molecule has 0 saturated carbocycles. The maximum Gasteiger partial charge on any atom is 0.256 e. The molecule has 1 aromatic heterocycles. The molecule has 2 aromatic rings. The first kappa shape index (κ1) is 19.5. The molecule has 1 N–H and O–H groups in total. The van der Waals surface area contributed by atoms with E-state index in [1.54, 1.807) is 11.4 Å². The predicted octanol–water partition coefficient (Wildman–Crippen LogP) is 3.54. The Morgan fingerprint density at radius 3 is 2.41 bits per heavy atom. The maximum atomic E-state index is 12.9. The van der Waals surface area contributed by atoms with Gasteiger partial charge in [0.2, 0.25) is 10.0 Å². The summed E-state index contributed by atoms with van der Waals surface area (Å²) in [5.74, 6) is 0.278. The average Bonchev–Trinajstić information content (AvgIpc) is 3.08. The molecule has 2 atom stereocenters. The minimum atomic E-state index is -3.57. The third kappa shape index (κ3) is 4.21. The normalized spacial score (nSPS) is 20.8. The number of amides is 1. The van der Waals surface area contributed by atoms with Gasteiger partial charge in [0.05, 0.1) is 10.5 Å². The first-order valence-corrected chi connectivity index (χ1v) is 11.0. The Morgan fingerprint density at radius 2 is 1.81 bits per heavy atom. The molecule has 0 radical (unpaired) electrons. The topological polar surface area (TPSA) is 90.3 Å². The molecule has 1 aromatic carbocycles. The zero-order valence-corrected chi connectivity index (χ0v) is 16.8. The number of anilines is 1. The van der Waals surface area contributed by atoms with Crippen LogP contribution in [0.1, 0.15) is 36.2 Å². The van der Waals surface area contributed by atoms with Crippen molar-refractivity contribution in [2.24, 2.45) is 11.8 Å². The molecule has 2 heterocycles. The number of hydrogen-bond donors (Lipinski definition) is 1. The van der Waals surface area contributed by atoms with Crippen LogP contribution in [0.25, 0.3) is 0 Å². The van der Waals surface area contributed by atoms with Crippen LogP contribution in [0, 0.1) is 23.2 Å². The van der Waals surface area contributed by atoms with E-state index in [-0.39, 0.29) is 10.8 Å². The van der Waals surface area contributed by atoms with Gasteiger partial charge < -0.3 is 5.32 Å². The van der Waals surface area contributed by atoms with Crippen LogP contribution in [0.3, 0.4) is 0 Å². The zero-order valence-electron chi connectivity index (χ0n) is 15.2. The fourth-order valence-electron chi connectivity index (χ4n) is 3.40. The second-order valence-corrected chi connectivity index (χ2v) is 9.88. The summed E-state index contributed by atoms with van der Waals surface area (Å²) in [5.41, 5.74) is 0.743. The standard InChI is InChI=1S/C19H21N3O3S2/c1-13-9-14(2)12-22(11-13)27(24,25)17-5-3-15(4-6-17)18(23)21-19-16(10-20)7-8-26-19/h3-8,13-14H,9,11-12H2,1-2H3,(H,21,23)/t13-,14+. The number of rotatable bonds is 4. The summed E-state index contributed by atoms with van der Waals surface area (Å²) in [7, 11) is -3.57. The van der Waals surface area contributed by atoms with Gasteiger partial charge in [-0.3, -0.25) is 4.79 Å².